The third-order valence-corrected chi connectivity index (χ3v) is 3.54. The molecule has 2 aromatic carbocycles. The van der Waals surface area contributed by atoms with Crippen molar-refractivity contribution in [3.8, 4) is 0 Å². The maximum atomic E-state index is 12.7. The molecule has 3 nitrogen and oxygen atoms in total. The summed E-state index contributed by atoms with van der Waals surface area (Å²) in [5.41, 5.74) is 1.00. The van der Waals surface area contributed by atoms with E-state index in [9.17, 15) is 9.59 Å². The lowest BCUT2D eigenvalue weighted by Crippen LogP contribution is -2.41. The van der Waals surface area contributed by atoms with Crippen molar-refractivity contribution in [1.29, 1.82) is 0 Å². The fourth-order valence-electron chi connectivity index (χ4n) is 2.04. The predicted molar refractivity (Wildman–Crippen MR) is 91.2 cm³/mol. The summed E-state index contributed by atoms with van der Waals surface area (Å²) in [6.07, 6.45) is 0. The molecule has 0 aliphatic rings. The molecule has 0 fully saturated rings. The van der Waals surface area contributed by atoms with Crippen molar-refractivity contribution in [1.82, 2.24) is 5.32 Å². The van der Waals surface area contributed by atoms with E-state index in [2.05, 4.69) is 21.2 Å². The highest BCUT2D eigenvalue weighted by Gasteiger charge is 2.21. The normalized spacial score (nSPS) is 11.1. The molecule has 0 heterocycles. The summed E-state index contributed by atoms with van der Waals surface area (Å²) in [7, 11) is 0. The molecule has 22 heavy (non-hydrogen) atoms. The average Bonchev–Trinajstić information content (AvgIpc) is 2.45. The summed E-state index contributed by atoms with van der Waals surface area (Å²) in [4.78, 5) is 25.1. The van der Waals surface area contributed by atoms with Crippen LogP contribution in [0.1, 0.15) is 47.1 Å². The van der Waals surface area contributed by atoms with Crippen LogP contribution in [0.15, 0.2) is 53.0 Å². The first-order chi connectivity index (χ1) is 10.3. The van der Waals surface area contributed by atoms with Crippen LogP contribution in [0.3, 0.4) is 0 Å². The predicted octanol–water partition coefficient (Wildman–Crippen LogP) is 4.21. The summed E-state index contributed by atoms with van der Waals surface area (Å²) in [6, 6.07) is 14.0. The molecule has 0 radical (unpaired) electrons. The fraction of sp³-hybridized carbons (Fsp3) is 0.222. The van der Waals surface area contributed by atoms with Gasteiger partial charge in [-0.15, -0.1) is 0 Å². The number of amides is 1. The van der Waals surface area contributed by atoms with Crippen LogP contribution in [-0.2, 0) is 0 Å². The summed E-state index contributed by atoms with van der Waals surface area (Å²) in [5.74, 6) is -0.402. The van der Waals surface area contributed by atoms with Crippen molar-refractivity contribution in [3.05, 3.63) is 69.7 Å². The Morgan fingerprint density at radius 2 is 1.45 bits per heavy atom. The van der Waals surface area contributed by atoms with Gasteiger partial charge >= 0.3 is 0 Å². The lowest BCUT2D eigenvalue weighted by molar-refractivity contribution is 0.0910. The molecule has 2 aromatic rings. The second-order valence-electron chi connectivity index (χ2n) is 6.09. The first-order valence-corrected chi connectivity index (χ1v) is 7.79. The lowest BCUT2D eigenvalue weighted by Gasteiger charge is -2.21. The Bertz CT molecular complexity index is 700. The molecule has 1 amide bonds. The molecule has 0 saturated heterocycles. The number of hydrogen-bond acceptors (Lipinski definition) is 2. The Kier molecular flexibility index (Phi) is 4.81. The van der Waals surface area contributed by atoms with Crippen molar-refractivity contribution in [3.63, 3.8) is 0 Å². The van der Waals surface area contributed by atoms with Crippen molar-refractivity contribution < 1.29 is 9.59 Å². The highest BCUT2D eigenvalue weighted by atomic mass is 79.9. The minimum Gasteiger partial charge on any atom is -0.347 e. The SMILES string of the molecule is CC(C)(C)NC(=O)c1ccccc1C(=O)c1ccc(Br)cc1. The highest BCUT2D eigenvalue weighted by Crippen LogP contribution is 2.18. The molecule has 2 rings (SSSR count). The van der Waals surface area contributed by atoms with E-state index in [-0.39, 0.29) is 17.2 Å². The van der Waals surface area contributed by atoms with Crippen molar-refractivity contribution >= 4 is 27.6 Å². The zero-order chi connectivity index (χ0) is 16.3. The van der Waals surface area contributed by atoms with Crippen LogP contribution in [0.5, 0.6) is 0 Å². The lowest BCUT2D eigenvalue weighted by atomic mass is 9.97. The third kappa shape index (κ3) is 4.04. The van der Waals surface area contributed by atoms with Crippen LogP contribution < -0.4 is 5.32 Å². The average molecular weight is 360 g/mol. The van der Waals surface area contributed by atoms with E-state index < -0.39 is 0 Å². The van der Waals surface area contributed by atoms with Gasteiger partial charge < -0.3 is 5.32 Å². The first-order valence-electron chi connectivity index (χ1n) is 7.00. The Hall–Kier alpha value is -1.94. The zero-order valence-electron chi connectivity index (χ0n) is 12.8. The van der Waals surface area contributed by atoms with Crippen LogP contribution in [0.25, 0.3) is 0 Å². The largest absolute Gasteiger partial charge is 0.347 e. The Labute approximate surface area is 138 Å². The quantitative estimate of drug-likeness (QED) is 0.834. The van der Waals surface area contributed by atoms with Gasteiger partial charge in [0.1, 0.15) is 0 Å². The molecule has 0 atom stereocenters. The Balaban J connectivity index is 2.38. The van der Waals surface area contributed by atoms with E-state index in [4.69, 9.17) is 0 Å². The van der Waals surface area contributed by atoms with E-state index >= 15 is 0 Å². The summed E-state index contributed by atoms with van der Waals surface area (Å²) >= 11 is 3.35. The number of hydrogen-bond donors (Lipinski definition) is 1. The third-order valence-electron chi connectivity index (χ3n) is 3.01. The van der Waals surface area contributed by atoms with Gasteiger partial charge in [-0.05, 0) is 51.1 Å². The second-order valence-corrected chi connectivity index (χ2v) is 7.00. The molecule has 114 valence electrons. The molecular weight excluding hydrogens is 342 g/mol. The van der Waals surface area contributed by atoms with E-state index in [1.165, 1.54) is 0 Å². The minimum absolute atomic E-state index is 0.160. The van der Waals surface area contributed by atoms with Crippen LogP contribution in [0.2, 0.25) is 0 Å². The van der Waals surface area contributed by atoms with Gasteiger partial charge in [0.2, 0.25) is 0 Å². The molecule has 0 aliphatic carbocycles. The second kappa shape index (κ2) is 6.44. The maximum absolute atomic E-state index is 12.7. The Morgan fingerprint density at radius 1 is 0.909 bits per heavy atom. The number of halogens is 1. The molecule has 0 saturated carbocycles. The smallest absolute Gasteiger partial charge is 0.252 e. The molecule has 0 aliphatic heterocycles. The first kappa shape index (κ1) is 16.4. The summed E-state index contributed by atoms with van der Waals surface area (Å²) < 4.78 is 0.905. The van der Waals surface area contributed by atoms with Gasteiger partial charge in [-0.3, -0.25) is 9.59 Å². The molecule has 0 unspecified atom stereocenters. The van der Waals surface area contributed by atoms with E-state index in [0.29, 0.717) is 16.7 Å². The van der Waals surface area contributed by atoms with E-state index in [1.54, 1.807) is 36.4 Å². The van der Waals surface area contributed by atoms with Crippen LogP contribution >= 0.6 is 15.9 Å². The Morgan fingerprint density at radius 3 is 2.00 bits per heavy atom. The number of rotatable bonds is 3. The van der Waals surface area contributed by atoms with E-state index in [0.717, 1.165) is 4.47 Å². The van der Waals surface area contributed by atoms with E-state index in [1.807, 2.05) is 32.9 Å². The molecule has 4 heteroatoms. The number of benzene rings is 2. The molecule has 0 aromatic heterocycles. The zero-order valence-corrected chi connectivity index (χ0v) is 14.4. The topological polar surface area (TPSA) is 46.2 Å². The van der Waals surface area contributed by atoms with Gasteiger partial charge in [0.15, 0.2) is 5.78 Å². The number of carbonyl (C=O) groups excluding carboxylic acids is 2. The van der Waals surface area contributed by atoms with Crippen LogP contribution in [0, 0.1) is 0 Å². The molecular formula is C18H18BrNO2. The van der Waals surface area contributed by atoms with Crippen molar-refractivity contribution in [2.75, 3.05) is 0 Å². The van der Waals surface area contributed by atoms with Gasteiger partial charge in [-0.1, -0.05) is 34.1 Å². The molecule has 0 bridgehead atoms. The standard InChI is InChI=1S/C18H18BrNO2/c1-18(2,3)20-17(22)15-7-5-4-6-14(15)16(21)12-8-10-13(19)11-9-12/h4-11H,1-3H3,(H,20,22). The van der Waals surface area contributed by atoms with Gasteiger partial charge in [-0.25, -0.2) is 0 Å². The van der Waals surface area contributed by atoms with Crippen molar-refractivity contribution in [2.24, 2.45) is 0 Å². The fourth-order valence-corrected chi connectivity index (χ4v) is 2.31. The number of nitrogens with one attached hydrogen (secondary N) is 1. The summed E-state index contributed by atoms with van der Waals surface area (Å²) in [5, 5.41) is 2.89. The van der Waals surface area contributed by atoms with Gasteiger partial charge in [0, 0.05) is 21.1 Å². The van der Waals surface area contributed by atoms with Crippen LogP contribution in [0.4, 0.5) is 0 Å². The van der Waals surface area contributed by atoms with Gasteiger partial charge in [0.05, 0.1) is 5.56 Å². The maximum Gasteiger partial charge on any atom is 0.252 e. The highest BCUT2D eigenvalue weighted by molar-refractivity contribution is 9.10. The minimum atomic E-state index is -0.356. The van der Waals surface area contributed by atoms with Crippen LogP contribution in [-0.4, -0.2) is 17.2 Å². The molecule has 0 spiro atoms. The van der Waals surface area contributed by atoms with Gasteiger partial charge in [0.25, 0.3) is 5.91 Å². The number of ketones is 1. The monoisotopic (exact) mass is 359 g/mol. The summed E-state index contributed by atoms with van der Waals surface area (Å²) in [6.45, 7) is 5.72. The van der Waals surface area contributed by atoms with Gasteiger partial charge in [-0.2, -0.15) is 0 Å². The van der Waals surface area contributed by atoms with Crippen molar-refractivity contribution in [2.45, 2.75) is 26.3 Å². The number of carbonyl (C=O) groups is 2. The molecule has 1 N–H and O–H groups in total.